The van der Waals surface area contributed by atoms with Crippen molar-refractivity contribution in [1.82, 2.24) is 14.8 Å². The van der Waals surface area contributed by atoms with E-state index >= 15 is 0 Å². The molecule has 0 bridgehead atoms. The zero-order chi connectivity index (χ0) is 16.3. The van der Waals surface area contributed by atoms with Gasteiger partial charge in [-0.25, -0.2) is 9.67 Å². The van der Waals surface area contributed by atoms with Crippen LogP contribution in [0.25, 0.3) is 0 Å². The molecular formula is C16H17BrN4O. The lowest BCUT2D eigenvalue weighted by atomic mass is 9.96. The lowest BCUT2D eigenvalue weighted by molar-refractivity contribution is 0.0966. The highest BCUT2D eigenvalue weighted by Crippen LogP contribution is 2.19. The second-order valence-corrected chi connectivity index (χ2v) is 6.94. The second-order valence-electron chi connectivity index (χ2n) is 6.02. The highest BCUT2D eigenvalue weighted by Gasteiger charge is 2.22. The summed E-state index contributed by atoms with van der Waals surface area (Å²) in [7, 11) is 0. The van der Waals surface area contributed by atoms with Crippen molar-refractivity contribution in [2.45, 2.75) is 39.2 Å². The largest absolute Gasteiger partial charge is 0.292 e. The van der Waals surface area contributed by atoms with Gasteiger partial charge in [0.25, 0.3) is 0 Å². The molecule has 0 aliphatic heterocycles. The second kappa shape index (κ2) is 6.41. The molecule has 0 saturated heterocycles. The summed E-state index contributed by atoms with van der Waals surface area (Å²) < 4.78 is 2.46. The molecular weight excluding hydrogens is 344 g/mol. The van der Waals surface area contributed by atoms with E-state index in [1.54, 1.807) is 12.1 Å². The number of halogens is 1. The van der Waals surface area contributed by atoms with Crippen LogP contribution < -0.4 is 0 Å². The average Bonchev–Trinajstić information content (AvgIpc) is 2.83. The fourth-order valence-electron chi connectivity index (χ4n) is 1.88. The standard InChI is InChI=1S/C16H17BrN4O/c1-16(2,3)15-19-14(8-9-18)21(20-15)10-13(22)11-4-6-12(17)7-5-11/h4-7H,8,10H2,1-3H3. The summed E-state index contributed by atoms with van der Waals surface area (Å²) in [4.78, 5) is 16.8. The monoisotopic (exact) mass is 360 g/mol. The number of aromatic nitrogens is 3. The third-order valence-corrected chi connectivity index (χ3v) is 3.64. The third-order valence-electron chi connectivity index (χ3n) is 3.12. The molecule has 1 aromatic heterocycles. The van der Waals surface area contributed by atoms with E-state index in [-0.39, 0.29) is 24.2 Å². The van der Waals surface area contributed by atoms with Crippen LogP contribution in [0.4, 0.5) is 0 Å². The maximum atomic E-state index is 12.4. The number of Topliss-reactive ketones (excluding diaryl/α,β-unsaturated/α-hetero) is 1. The van der Waals surface area contributed by atoms with E-state index in [0.29, 0.717) is 17.2 Å². The van der Waals surface area contributed by atoms with Crippen LogP contribution in [-0.4, -0.2) is 20.5 Å². The van der Waals surface area contributed by atoms with Crippen molar-refractivity contribution in [2.24, 2.45) is 0 Å². The van der Waals surface area contributed by atoms with Crippen LogP contribution >= 0.6 is 15.9 Å². The molecule has 0 amide bonds. The summed E-state index contributed by atoms with van der Waals surface area (Å²) in [5, 5.41) is 13.3. The zero-order valence-corrected chi connectivity index (χ0v) is 14.4. The summed E-state index contributed by atoms with van der Waals surface area (Å²) >= 11 is 3.34. The molecule has 1 heterocycles. The van der Waals surface area contributed by atoms with Crippen LogP contribution in [0.3, 0.4) is 0 Å². The van der Waals surface area contributed by atoms with E-state index in [1.807, 2.05) is 32.9 Å². The first-order valence-corrected chi connectivity index (χ1v) is 7.70. The first kappa shape index (κ1) is 16.4. The van der Waals surface area contributed by atoms with Crippen LogP contribution in [0, 0.1) is 11.3 Å². The summed E-state index contributed by atoms with van der Waals surface area (Å²) in [6, 6.07) is 9.24. The Morgan fingerprint density at radius 2 is 1.95 bits per heavy atom. The van der Waals surface area contributed by atoms with E-state index < -0.39 is 0 Å². The molecule has 0 unspecified atom stereocenters. The molecule has 0 atom stereocenters. The molecule has 0 radical (unpaired) electrons. The Bertz CT molecular complexity index is 720. The summed E-state index contributed by atoms with van der Waals surface area (Å²) in [5.74, 6) is 1.11. The average molecular weight is 361 g/mol. The fourth-order valence-corrected chi connectivity index (χ4v) is 2.15. The maximum absolute atomic E-state index is 12.4. The molecule has 22 heavy (non-hydrogen) atoms. The molecule has 0 saturated carbocycles. The van der Waals surface area contributed by atoms with Crippen LogP contribution in [0.2, 0.25) is 0 Å². The molecule has 0 spiro atoms. The van der Waals surface area contributed by atoms with Crippen molar-refractivity contribution in [1.29, 1.82) is 5.26 Å². The van der Waals surface area contributed by atoms with Crippen molar-refractivity contribution in [3.63, 3.8) is 0 Å². The normalized spacial score (nSPS) is 11.2. The van der Waals surface area contributed by atoms with Crippen molar-refractivity contribution in [3.05, 3.63) is 46.0 Å². The Morgan fingerprint density at radius 1 is 1.32 bits per heavy atom. The number of ketones is 1. The third kappa shape index (κ3) is 3.80. The SMILES string of the molecule is CC(C)(C)c1nc(CC#N)n(CC(=O)c2ccc(Br)cc2)n1. The molecule has 1 aromatic carbocycles. The van der Waals surface area contributed by atoms with Gasteiger partial charge in [0.05, 0.1) is 12.5 Å². The summed E-state index contributed by atoms with van der Waals surface area (Å²) in [5.41, 5.74) is 0.384. The number of nitriles is 1. The van der Waals surface area contributed by atoms with Crippen molar-refractivity contribution in [2.75, 3.05) is 0 Å². The number of hydrogen-bond donors (Lipinski definition) is 0. The fraction of sp³-hybridized carbons (Fsp3) is 0.375. The van der Waals surface area contributed by atoms with E-state index in [1.165, 1.54) is 4.68 Å². The van der Waals surface area contributed by atoms with Gasteiger partial charge in [-0.05, 0) is 12.1 Å². The predicted octanol–water partition coefficient (Wildman–Crippen LogP) is 3.29. The van der Waals surface area contributed by atoms with Gasteiger partial charge in [0.15, 0.2) is 11.6 Å². The van der Waals surface area contributed by atoms with Gasteiger partial charge in [0, 0.05) is 15.5 Å². The maximum Gasteiger partial charge on any atom is 0.184 e. The van der Waals surface area contributed by atoms with Gasteiger partial charge in [0.1, 0.15) is 12.4 Å². The minimum absolute atomic E-state index is 0.0583. The Balaban J connectivity index is 2.28. The number of carbonyl (C=O) groups excluding carboxylic acids is 1. The number of rotatable bonds is 4. The topological polar surface area (TPSA) is 71.6 Å². The van der Waals surface area contributed by atoms with Gasteiger partial charge in [0.2, 0.25) is 0 Å². The Morgan fingerprint density at radius 3 is 2.50 bits per heavy atom. The number of hydrogen-bond acceptors (Lipinski definition) is 4. The van der Waals surface area contributed by atoms with Crippen molar-refractivity contribution in [3.8, 4) is 6.07 Å². The van der Waals surface area contributed by atoms with Crippen LogP contribution in [-0.2, 0) is 18.4 Å². The number of carbonyl (C=O) groups is 1. The summed E-state index contributed by atoms with van der Waals surface area (Å²) in [6.07, 6.45) is 0.136. The van der Waals surface area contributed by atoms with E-state index in [0.717, 1.165) is 4.47 Å². The first-order chi connectivity index (χ1) is 10.3. The molecule has 5 nitrogen and oxygen atoms in total. The molecule has 2 aromatic rings. The van der Waals surface area contributed by atoms with Crippen LogP contribution in [0.1, 0.15) is 42.8 Å². The first-order valence-electron chi connectivity index (χ1n) is 6.91. The Kier molecular flexibility index (Phi) is 4.77. The van der Waals surface area contributed by atoms with Gasteiger partial charge in [-0.1, -0.05) is 48.8 Å². The molecule has 2 rings (SSSR count). The lowest BCUT2D eigenvalue weighted by Crippen LogP contribution is -2.16. The molecule has 0 N–H and O–H groups in total. The van der Waals surface area contributed by atoms with Gasteiger partial charge in [-0.2, -0.15) is 10.4 Å². The Hall–Kier alpha value is -2.00. The number of nitrogens with zero attached hydrogens (tertiary/aromatic N) is 4. The van der Waals surface area contributed by atoms with Gasteiger partial charge < -0.3 is 0 Å². The van der Waals surface area contributed by atoms with Gasteiger partial charge in [-0.3, -0.25) is 4.79 Å². The lowest BCUT2D eigenvalue weighted by Gasteiger charge is -2.12. The van der Waals surface area contributed by atoms with Crippen LogP contribution in [0.5, 0.6) is 0 Å². The van der Waals surface area contributed by atoms with E-state index in [9.17, 15) is 4.79 Å². The highest BCUT2D eigenvalue weighted by atomic mass is 79.9. The van der Waals surface area contributed by atoms with Gasteiger partial charge >= 0.3 is 0 Å². The van der Waals surface area contributed by atoms with Crippen molar-refractivity contribution < 1.29 is 4.79 Å². The van der Waals surface area contributed by atoms with Crippen LogP contribution in [0.15, 0.2) is 28.7 Å². The molecule has 0 fully saturated rings. The summed E-state index contributed by atoms with van der Waals surface area (Å²) in [6.45, 7) is 6.08. The smallest absolute Gasteiger partial charge is 0.184 e. The minimum Gasteiger partial charge on any atom is -0.292 e. The van der Waals surface area contributed by atoms with Gasteiger partial charge in [-0.15, -0.1) is 0 Å². The Labute approximate surface area is 138 Å². The van der Waals surface area contributed by atoms with E-state index in [4.69, 9.17) is 5.26 Å². The zero-order valence-electron chi connectivity index (χ0n) is 12.8. The number of benzene rings is 1. The van der Waals surface area contributed by atoms with E-state index in [2.05, 4.69) is 32.1 Å². The van der Waals surface area contributed by atoms with Crippen molar-refractivity contribution >= 4 is 21.7 Å². The molecule has 6 heteroatoms. The predicted molar refractivity (Wildman–Crippen MR) is 86.5 cm³/mol. The molecule has 114 valence electrons. The molecule has 0 aliphatic carbocycles. The minimum atomic E-state index is -0.226. The molecule has 0 aliphatic rings. The highest BCUT2D eigenvalue weighted by molar-refractivity contribution is 9.10. The quantitative estimate of drug-likeness (QED) is 0.784.